The Labute approximate surface area is 164 Å². The zero-order valence-corrected chi connectivity index (χ0v) is 15.6. The van der Waals surface area contributed by atoms with Crippen LogP contribution in [0.2, 0.25) is 0 Å². The van der Waals surface area contributed by atoms with Crippen LogP contribution in [0.25, 0.3) is 0 Å². The number of fused-ring (bicyclic) bond motifs is 2. The number of nitrogens with zero attached hydrogens (tertiary/aromatic N) is 2. The molecule has 0 aromatic heterocycles. The van der Waals surface area contributed by atoms with Gasteiger partial charge in [-0.2, -0.15) is 5.26 Å². The van der Waals surface area contributed by atoms with Gasteiger partial charge in [-0.15, -0.1) is 0 Å². The fourth-order valence-corrected chi connectivity index (χ4v) is 2.81. The number of rotatable bonds is 5. The average molecular weight is 368 g/mol. The maximum Gasteiger partial charge on any atom is 0.356 e. The number of hydrogen-bond acceptors (Lipinski definition) is 4. The summed E-state index contributed by atoms with van der Waals surface area (Å²) < 4.78 is 5.18. The molecule has 0 saturated carbocycles. The van der Waals surface area contributed by atoms with Crippen LogP contribution in [0, 0.1) is 11.3 Å². The molecule has 0 amide bonds. The molecule has 0 spiro atoms. The highest BCUT2D eigenvalue weighted by Crippen LogP contribution is 2.27. The number of allylic oxidation sites excluding steroid dienone is 11. The summed E-state index contributed by atoms with van der Waals surface area (Å²) >= 11 is 0. The van der Waals surface area contributed by atoms with Crippen molar-refractivity contribution in [3.8, 4) is 6.07 Å². The zero-order chi connectivity index (χ0) is 19.8. The number of nitriles is 1. The molecule has 1 aromatic rings. The third kappa shape index (κ3) is 4.93. The molecule has 0 saturated heterocycles. The number of carbonyl (C=O) groups excluding carboxylic acids is 1. The Morgan fingerprint density at radius 1 is 1.18 bits per heavy atom. The van der Waals surface area contributed by atoms with Gasteiger partial charge in [-0.25, -0.2) is 9.79 Å². The first-order chi connectivity index (χ1) is 13.7. The number of esters is 1. The topological polar surface area (TPSA) is 62.4 Å². The molecule has 28 heavy (non-hydrogen) atoms. The minimum atomic E-state index is -0.470. The van der Waals surface area contributed by atoms with E-state index < -0.39 is 5.97 Å². The summed E-state index contributed by atoms with van der Waals surface area (Å²) in [5.41, 5.74) is 4.84. The second kappa shape index (κ2) is 9.29. The normalized spacial score (nSPS) is 15.9. The molecule has 0 unspecified atom stereocenters. The summed E-state index contributed by atoms with van der Waals surface area (Å²) in [6.45, 7) is 2.04. The number of ether oxygens (including phenoxy) is 1. The van der Waals surface area contributed by atoms with Crippen LogP contribution in [-0.4, -0.2) is 18.8 Å². The second-order valence-electron chi connectivity index (χ2n) is 6.22. The third-order valence-electron chi connectivity index (χ3n) is 4.24. The van der Waals surface area contributed by atoms with E-state index in [1.807, 2.05) is 30.4 Å². The highest BCUT2D eigenvalue weighted by atomic mass is 16.5. The van der Waals surface area contributed by atoms with Crippen LogP contribution in [0.15, 0.2) is 100 Å². The molecule has 0 fully saturated rings. The number of carbonyl (C=O) groups is 1. The van der Waals surface area contributed by atoms with Crippen LogP contribution >= 0.6 is 0 Å². The Balaban J connectivity index is 1.93. The van der Waals surface area contributed by atoms with Crippen molar-refractivity contribution in [1.82, 2.24) is 0 Å². The van der Waals surface area contributed by atoms with E-state index in [-0.39, 0.29) is 12.3 Å². The molecule has 0 heterocycles. The standard InChI is InChI=1S/C24H20N2O2/c1-2-28-24(27)23(26-17-20-12-10-19(16-25)11-13-20)15-22-9-5-7-18-6-3-4-8-21(22)14-18/h3-13,15,17H,2,14H2,1H3/b23-15-,26-17?. The molecule has 0 aliphatic heterocycles. The van der Waals surface area contributed by atoms with Crippen LogP contribution in [-0.2, 0) is 9.53 Å². The Kier molecular flexibility index (Phi) is 6.33. The van der Waals surface area contributed by atoms with Crippen LogP contribution in [0.3, 0.4) is 0 Å². The molecular weight excluding hydrogens is 348 g/mol. The fourth-order valence-electron chi connectivity index (χ4n) is 2.81. The predicted octanol–water partition coefficient (Wildman–Crippen LogP) is 4.73. The van der Waals surface area contributed by atoms with Gasteiger partial charge in [0.15, 0.2) is 0 Å². The first-order valence-electron chi connectivity index (χ1n) is 9.08. The molecule has 2 aliphatic rings. The van der Waals surface area contributed by atoms with Crippen LogP contribution < -0.4 is 0 Å². The zero-order valence-electron chi connectivity index (χ0n) is 15.6. The van der Waals surface area contributed by atoms with Crippen LogP contribution in [0.1, 0.15) is 24.5 Å². The lowest BCUT2D eigenvalue weighted by molar-refractivity contribution is -0.138. The Hall–Kier alpha value is -3.71. The van der Waals surface area contributed by atoms with Crippen molar-refractivity contribution >= 4 is 12.2 Å². The van der Waals surface area contributed by atoms with E-state index in [4.69, 9.17) is 10.00 Å². The van der Waals surface area contributed by atoms with Crippen molar-refractivity contribution in [3.05, 3.63) is 106 Å². The Morgan fingerprint density at radius 2 is 1.96 bits per heavy atom. The first kappa shape index (κ1) is 19.1. The predicted molar refractivity (Wildman–Crippen MR) is 111 cm³/mol. The molecule has 1 aromatic carbocycles. The third-order valence-corrected chi connectivity index (χ3v) is 4.24. The van der Waals surface area contributed by atoms with Gasteiger partial charge in [-0.1, -0.05) is 54.7 Å². The van der Waals surface area contributed by atoms with Crippen molar-refractivity contribution < 1.29 is 9.53 Å². The Bertz CT molecular complexity index is 1010. The molecule has 0 atom stereocenters. The summed E-state index contributed by atoms with van der Waals surface area (Å²) in [4.78, 5) is 16.8. The lowest BCUT2D eigenvalue weighted by Crippen LogP contribution is -2.07. The van der Waals surface area contributed by atoms with Crippen molar-refractivity contribution in [2.75, 3.05) is 6.61 Å². The van der Waals surface area contributed by atoms with Crippen molar-refractivity contribution in [1.29, 1.82) is 5.26 Å². The molecular formula is C24H20N2O2. The van der Waals surface area contributed by atoms with Crippen molar-refractivity contribution in [2.45, 2.75) is 13.3 Å². The SMILES string of the molecule is CCOC(=O)/C(=C/C1=CC=CC2=CC=CC=C1C2)N=Cc1ccc(C#N)cc1. The van der Waals surface area contributed by atoms with Gasteiger partial charge < -0.3 is 4.74 Å². The lowest BCUT2D eigenvalue weighted by atomic mass is 9.99. The Morgan fingerprint density at radius 3 is 2.71 bits per heavy atom. The van der Waals surface area contributed by atoms with E-state index in [0.717, 1.165) is 23.1 Å². The fraction of sp³-hybridized carbons (Fsp3) is 0.125. The maximum atomic E-state index is 12.4. The molecule has 2 bridgehead atoms. The van der Waals surface area contributed by atoms with Gasteiger partial charge in [0, 0.05) is 6.21 Å². The van der Waals surface area contributed by atoms with E-state index in [1.165, 1.54) is 5.57 Å². The summed E-state index contributed by atoms with van der Waals surface area (Å²) in [6, 6.07) is 9.08. The van der Waals surface area contributed by atoms with Gasteiger partial charge in [0.2, 0.25) is 0 Å². The van der Waals surface area contributed by atoms with E-state index in [1.54, 1.807) is 43.5 Å². The van der Waals surface area contributed by atoms with Gasteiger partial charge in [-0.3, -0.25) is 0 Å². The molecule has 4 nitrogen and oxygen atoms in total. The molecule has 4 heteroatoms. The second-order valence-corrected chi connectivity index (χ2v) is 6.22. The van der Waals surface area contributed by atoms with Crippen molar-refractivity contribution in [2.24, 2.45) is 4.99 Å². The van der Waals surface area contributed by atoms with Crippen LogP contribution in [0.5, 0.6) is 0 Å². The number of benzene rings is 1. The minimum absolute atomic E-state index is 0.229. The first-order valence-corrected chi connectivity index (χ1v) is 9.08. The van der Waals surface area contributed by atoms with Gasteiger partial charge in [-0.05, 0) is 53.8 Å². The number of hydrogen-bond donors (Lipinski definition) is 0. The summed E-state index contributed by atoms with van der Waals surface area (Å²) in [7, 11) is 0. The van der Waals surface area contributed by atoms with Gasteiger partial charge in [0.25, 0.3) is 0 Å². The summed E-state index contributed by atoms with van der Waals surface area (Å²) in [6.07, 6.45) is 18.3. The monoisotopic (exact) mass is 368 g/mol. The van der Waals surface area contributed by atoms with E-state index in [2.05, 4.69) is 23.2 Å². The molecule has 0 N–H and O–H groups in total. The van der Waals surface area contributed by atoms with Gasteiger partial charge in [0.05, 0.1) is 18.2 Å². The largest absolute Gasteiger partial charge is 0.461 e. The summed E-state index contributed by atoms with van der Waals surface area (Å²) in [5, 5.41) is 8.90. The van der Waals surface area contributed by atoms with E-state index in [9.17, 15) is 4.79 Å². The van der Waals surface area contributed by atoms with Gasteiger partial charge in [0.1, 0.15) is 5.70 Å². The number of aliphatic imine (C=N–C) groups is 1. The molecule has 0 radical (unpaired) electrons. The quantitative estimate of drug-likeness (QED) is 0.429. The maximum absolute atomic E-state index is 12.4. The molecule has 3 rings (SSSR count). The molecule has 2 aliphatic carbocycles. The highest BCUT2D eigenvalue weighted by Gasteiger charge is 2.14. The lowest BCUT2D eigenvalue weighted by Gasteiger charge is -2.08. The van der Waals surface area contributed by atoms with Crippen LogP contribution in [0.4, 0.5) is 0 Å². The minimum Gasteiger partial charge on any atom is -0.461 e. The smallest absolute Gasteiger partial charge is 0.356 e. The van der Waals surface area contributed by atoms with E-state index >= 15 is 0 Å². The van der Waals surface area contributed by atoms with E-state index in [0.29, 0.717) is 5.56 Å². The average Bonchev–Trinajstić information content (AvgIpc) is 3.07. The van der Waals surface area contributed by atoms with Crippen molar-refractivity contribution in [3.63, 3.8) is 0 Å². The van der Waals surface area contributed by atoms with Gasteiger partial charge >= 0.3 is 5.97 Å². The highest BCUT2D eigenvalue weighted by molar-refractivity contribution is 5.93. The summed E-state index contributed by atoms with van der Waals surface area (Å²) in [5.74, 6) is -0.470. The molecule has 138 valence electrons.